The quantitative estimate of drug-likeness (QED) is 0.893. The van der Waals surface area contributed by atoms with E-state index < -0.39 is 11.7 Å². The van der Waals surface area contributed by atoms with E-state index in [9.17, 15) is 13.2 Å². The van der Waals surface area contributed by atoms with E-state index in [0.717, 1.165) is 12.5 Å². The highest BCUT2D eigenvalue weighted by atomic mass is 19.4. The molecule has 2 unspecified atom stereocenters. The lowest BCUT2D eigenvalue weighted by atomic mass is 10.0. The van der Waals surface area contributed by atoms with Gasteiger partial charge in [0, 0.05) is 19.2 Å². The van der Waals surface area contributed by atoms with E-state index in [-0.39, 0.29) is 6.10 Å². The van der Waals surface area contributed by atoms with Crippen molar-refractivity contribution in [3.8, 4) is 0 Å². The van der Waals surface area contributed by atoms with Gasteiger partial charge in [0.15, 0.2) is 0 Å². The molecule has 112 valence electrons. The summed E-state index contributed by atoms with van der Waals surface area (Å²) in [4.78, 5) is 0. The molecule has 0 aromatic heterocycles. The van der Waals surface area contributed by atoms with Crippen molar-refractivity contribution in [2.75, 3.05) is 13.2 Å². The van der Waals surface area contributed by atoms with E-state index in [4.69, 9.17) is 4.74 Å². The van der Waals surface area contributed by atoms with Gasteiger partial charge in [-0.1, -0.05) is 26.0 Å². The summed E-state index contributed by atoms with van der Waals surface area (Å²) in [6, 6.07) is 5.75. The van der Waals surface area contributed by atoms with Gasteiger partial charge in [-0.25, -0.2) is 0 Å². The summed E-state index contributed by atoms with van der Waals surface area (Å²) in [5.74, 6) is 0.485. The summed E-state index contributed by atoms with van der Waals surface area (Å²) < 4.78 is 43.9. The molecule has 2 rings (SSSR count). The van der Waals surface area contributed by atoms with E-state index in [1.807, 2.05) is 0 Å². The number of benzene rings is 1. The summed E-state index contributed by atoms with van der Waals surface area (Å²) in [6.45, 7) is 5.37. The Bertz CT molecular complexity index is 445. The summed E-state index contributed by atoms with van der Waals surface area (Å²) in [6.07, 6.45) is -3.75. The van der Waals surface area contributed by atoms with Crippen LogP contribution in [0.5, 0.6) is 0 Å². The van der Waals surface area contributed by atoms with Gasteiger partial charge in [-0.05, 0) is 30.0 Å². The van der Waals surface area contributed by atoms with Gasteiger partial charge >= 0.3 is 6.18 Å². The molecule has 20 heavy (non-hydrogen) atoms. The van der Waals surface area contributed by atoms with Gasteiger partial charge in [0.05, 0.1) is 11.7 Å². The van der Waals surface area contributed by atoms with Crippen molar-refractivity contribution in [1.29, 1.82) is 0 Å². The number of rotatable bonds is 2. The summed E-state index contributed by atoms with van der Waals surface area (Å²) >= 11 is 0. The number of hydrogen-bond acceptors (Lipinski definition) is 2. The van der Waals surface area contributed by atoms with Gasteiger partial charge in [0.1, 0.15) is 0 Å². The fraction of sp³-hybridized carbons (Fsp3) is 0.600. The predicted octanol–water partition coefficient (Wildman–Crippen LogP) is 3.78. The van der Waals surface area contributed by atoms with Crippen molar-refractivity contribution in [2.24, 2.45) is 5.92 Å². The van der Waals surface area contributed by atoms with Crippen LogP contribution in [0.15, 0.2) is 24.3 Å². The topological polar surface area (TPSA) is 21.3 Å². The minimum absolute atomic E-state index is 0.318. The Hall–Kier alpha value is -1.07. The number of hydrogen-bond donors (Lipinski definition) is 1. The third-order valence-electron chi connectivity index (χ3n) is 3.70. The molecule has 1 aromatic carbocycles. The molecule has 1 aliphatic heterocycles. The lowest BCUT2D eigenvalue weighted by Crippen LogP contribution is -2.34. The molecule has 2 atom stereocenters. The third kappa shape index (κ3) is 3.73. The maximum Gasteiger partial charge on any atom is 0.416 e. The number of nitrogens with one attached hydrogen (secondary N) is 1. The molecule has 0 aliphatic carbocycles. The van der Waals surface area contributed by atoms with Crippen LogP contribution in [-0.2, 0) is 10.9 Å². The van der Waals surface area contributed by atoms with Crippen LogP contribution in [0.2, 0.25) is 0 Å². The molecular formula is C15H20F3NO. The van der Waals surface area contributed by atoms with Crippen LogP contribution in [0, 0.1) is 5.92 Å². The Balaban J connectivity index is 2.12. The van der Waals surface area contributed by atoms with Gasteiger partial charge in [-0.15, -0.1) is 0 Å². The molecule has 0 bridgehead atoms. The Morgan fingerprint density at radius 1 is 1.30 bits per heavy atom. The first-order valence-electron chi connectivity index (χ1n) is 6.90. The monoisotopic (exact) mass is 287 g/mol. The molecule has 1 aliphatic rings. The normalized spacial score (nSPS) is 24.7. The zero-order valence-electron chi connectivity index (χ0n) is 11.7. The highest BCUT2D eigenvalue weighted by Crippen LogP contribution is 2.31. The number of halogens is 3. The van der Waals surface area contributed by atoms with Crippen LogP contribution in [0.3, 0.4) is 0 Å². The molecule has 2 nitrogen and oxygen atoms in total. The maximum atomic E-state index is 12.7. The fourth-order valence-corrected chi connectivity index (χ4v) is 2.46. The summed E-state index contributed by atoms with van der Waals surface area (Å²) in [5, 5.41) is 3.38. The van der Waals surface area contributed by atoms with Crippen molar-refractivity contribution in [3.63, 3.8) is 0 Å². The van der Waals surface area contributed by atoms with Crippen molar-refractivity contribution in [3.05, 3.63) is 35.4 Å². The van der Waals surface area contributed by atoms with Crippen molar-refractivity contribution >= 4 is 0 Å². The molecule has 1 fully saturated rings. The standard InChI is InChI=1S/C15H20F3NO/c1-10(2)13-6-7-20-14(9-19-13)11-4-3-5-12(8-11)15(16,17)18/h3-5,8,10,13-14,19H,6-7,9H2,1-2H3. The predicted molar refractivity (Wildman–Crippen MR) is 71.4 cm³/mol. The zero-order valence-corrected chi connectivity index (χ0v) is 11.7. The SMILES string of the molecule is CC(C)C1CCOC(c2cccc(C(F)(F)F)c2)CN1. The molecule has 1 saturated heterocycles. The summed E-state index contributed by atoms with van der Waals surface area (Å²) in [5.41, 5.74) is -0.0417. The minimum atomic E-state index is -4.31. The second kappa shape index (κ2) is 6.14. The van der Waals surface area contributed by atoms with Gasteiger partial charge < -0.3 is 10.1 Å². The lowest BCUT2D eigenvalue weighted by Gasteiger charge is -2.20. The minimum Gasteiger partial charge on any atom is -0.372 e. The number of alkyl halides is 3. The van der Waals surface area contributed by atoms with Crippen LogP contribution in [-0.4, -0.2) is 19.2 Å². The smallest absolute Gasteiger partial charge is 0.372 e. The first kappa shape index (κ1) is 15.3. The van der Waals surface area contributed by atoms with E-state index >= 15 is 0 Å². The van der Waals surface area contributed by atoms with Crippen LogP contribution < -0.4 is 5.32 Å². The average molecular weight is 287 g/mol. The lowest BCUT2D eigenvalue weighted by molar-refractivity contribution is -0.137. The molecule has 1 heterocycles. The maximum absolute atomic E-state index is 12.7. The molecule has 0 radical (unpaired) electrons. The van der Waals surface area contributed by atoms with E-state index in [2.05, 4.69) is 19.2 Å². The van der Waals surface area contributed by atoms with Gasteiger partial charge in [0.2, 0.25) is 0 Å². The Labute approximate surface area is 117 Å². The van der Waals surface area contributed by atoms with E-state index in [1.165, 1.54) is 12.1 Å². The third-order valence-corrected chi connectivity index (χ3v) is 3.70. The van der Waals surface area contributed by atoms with E-state index in [0.29, 0.717) is 30.7 Å². The van der Waals surface area contributed by atoms with Crippen LogP contribution in [0.1, 0.15) is 37.5 Å². The van der Waals surface area contributed by atoms with Crippen LogP contribution in [0.25, 0.3) is 0 Å². The van der Waals surface area contributed by atoms with Crippen molar-refractivity contribution in [2.45, 2.75) is 38.6 Å². The van der Waals surface area contributed by atoms with Crippen LogP contribution in [0.4, 0.5) is 13.2 Å². The molecular weight excluding hydrogens is 267 g/mol. The van der Waals surface area contributed by atoms with Gasteiger partial charge in [-0.3, -0.25) is 0 Å². The number of ether oxygens (including phenoxy) is 1. The van der Waals surface area contributed by atoms with Crippen molar-refractivity contribution < 1.29 is 17.9 Å². The second-order valence-corrected chi connectivity index (χ2v) is 5.53. The average Bonchev–Trinajstić information content (AvgIpc) is 2.63. The van der Waals surface area contributed by atoms with Crippen LogP contribution >= 0.6 is 0 Å². The Morgan fingerprint density at radius 2 is 2.05 bits per heavy atom. The molecule has 0 amide bonds. The van der Waals surface area contributed by atoms with Gasteiger partial charge in [0.25, 0.3) is 0 Å². The highest BCUT2D eigenvalue weighted by molar-refractivity contribution is 5.27. The van der Waals surface area contributed by atoms with Crippen molar-refractivity contribution in [1.82, 2.24) is 5.32 Å². The first-order chi connectivity index (χ1) is 9.38. The second-order valence-electron chi connectivity index (χ2n) is 5.53. The Morgan fingerprint density at radius 3 is 2.70 bits per heavy atom. The molecule has 0 spiro atoms. The van der Waals surface area contributed by atoms with E-state index in [1.54, 1.807) is 6.07 Å². The molecule has 1 N–H and O–H groups in total. The van der Waals surface area contributed by atoms with Gasteiger partial charge in [-0.2, -0.15) is 13.2 Å². The fourth-order valence-electron chi connectivity index (χ4n) is 2.46. The zero-order chi connectivity index (χ0) is 14.8. The Kier molecular flexibility index (Phi) is 4.70. The highest BCUT2D eigenvalue weighted by Gasteiger charge is 2.31. The molecule has 1 aromatic rings. The largest absolute Gasteiger partial charge is 0.416 e. The first-order valence-corrected chi connectivity index (χ1v) is 6.90. The molecule has 5 heteroatoms. The molecule has 0 saturated carbocycles. The summed E-state index contributed by atoms with van der Waals surface area (Å²) in [7, 11) is 0.